The zero-order valence-electron chi connectivity index (χ0n) is 19.1. The molecule has 0 heterocycles. The summed E-state index contributed by atoms with van der Waals surface area (Å²) in [5.41, 5.74) is 0.910. The summed E-state index contributed by atoms with van der Waals surface area (Å²) in [5, 5.41) is 3.62. The number of sulfonamides is 1. The third kappa shape index (κ3) is 7.62. The van der Waals surface area contributed by atoms with Gasteiger partial charge in [-0.1, -0.05) is 54.4 Å². The molecule has 0 saturated carbocycles. The van der Waals surface area contributed by atoms with Crippen molar-refractivity contribution in [2.75, 3.05) is 17.1 Å². The van der Waals surface area contributed by atoms with Gasteiger partial charge >= 0.3 is 0 Å². The molecule has 2 aromatic carbocycles. The van der Waals surface area contributed by atoms with Crippen LogP contribution in [0.2, 0.25) is 10.0 Å². The van der Waals surface area contributed by atoms with Crippen molar-refractivity contribution in [1.82, 2.24) is 10.2 Å². The van der Waals surface area contributed by atoms with Gasteiger partial charge in [0, 0.05) is 22.6 Å². The van der Waals surface area contributed by atoms with Gasteiger partial charge in [-0.05, 0) is 50.1 Å². The van der Waals surface area contributed by atoms with Gasteiger partial charge in [-0.25, -0.2) is 8.42 Å². The van der Waals surface area contributed by atoms with Gasteiger partial charge in [0.1, 0.15) is 12.6 Å². The Hall–Kier alpha value is -2.29. The summed E-state index contributed by atoms with van der Waals surface area (Å²) in [4.78, 5) is 27.8. The van der Waals surface area contributed by atoms with E-state index >= 15 is 0 Å². The first-order valence-electron chi connectivity index (χ1n) is 10.5. The molecule has 0 bridgehead atoms. The predicted molar refractivity (Wildman–Crippen MR) is 133 cm³/mol. The number of nitrogens with one attached hydrogen (secondary N) is 1. The highest BCUT2D eigenvalue weighted by atomic mass is 35.5. The molecule has 2 amide bonds. The number of hydrogen-bond acceptors (Lipinski definition) is 4. The van der Waals surface area contributed by atoms with Crippen molar-refractivity contribution in [1.29, 1.82) is 0 Å². The van der Waals surface area contributed by atoms with Crippen LogP contribution in [0, 0.1) is 0 Å². The molecule has 1 atom stereocenters. The maximum Gasteiger partial charge on any atom is 0.244 e. The first-order valence-corrected chi connectivity index (χ1v) is 13.1. The molecule has 0 spiro atoms. The lowest BCUT2D eigenvalue weighted by Crippen LogP contribution is -2.53. The molecule has 1 N–H and O–H groups in total. The van der Waals surface area contributed by atoms with Crippen LogP contribution < -0.4 is 9.62 Å². The van der Waals surface area contributed by atoms with E-state index in [0.717, 1.165) is 10.6 Å². The molecule has 2 aromatic rings. The highest BCUT2D eigenvalue weighted by Gasteiger charge is 2.32. The molecule has 0 aromatic heterocycles. The first-order chi connectivity index (χ1) is 15.4. The van der Waals surface area contributed by atoms with Gasteiger partial charge in [-0.3, -0.25) is 13.9 Å². The Balaban J connectivity index is 2.46. The monoisotopic (exact) mass is 513 g/mol. The zero-order chi connectivity index (χ0) is 24.8. The van der Waals surface area contributed by atoms with Crippen molar-refractivity contribution < 1.29 is 18.0 Å². The van der Waals surface area contributed by atoms with E-state index in [-0.39, 0.29) is 24.2 Å². The Morgan fingerprint density at radius 1 is 1.06 bits per heavy atom. The average molecular weight is 514 g/mol. The van der Waals surface area contributed by atoms with E-state index in [1.165, 1.54) is 11.0 Å². The Bertz CT molecular complexity index is 1090. The van der Waals surface area contributed by atoms with E-state index in [9.17, 15) is 18.0 Å². The summed E-state index contributed by atoms with van der Waals surface area (Å²) in [7, 11) is -3.82. The van der Waals surface area contributed by atoms with E-state index < -0.39 is 28.5 Å². The van der Waals surface area contributed by atoms with E-state index in [2.05, 4.69) is 5.32 Å². The molecule has 0 unspecified atom stereocenters. The summed E-state index contributed by atoms with van der Waals surface area (Å²) in [6, 6.07) is 12.3. The lowest BCUT2D eigenvalue weighted by Gasteiger charge is -2.33. The number of benzene rings is 2. The van der Waals surface area contributed by atoms with Crippen molar-refractivity contribution in [3.8, 4) is 0 Å². The molecule has 2 rings (SSSR count). The molecule has 0 radical (unpaired) electrons. The molecule has 33 heavy (non-hydrogen) atoms. The summed E-state index contributed by atoms with van der Waals surface area (Å²) >= 11 is 12.4. The number of nitrogens with zero attached hydrogens (tertiary/aromatic N) is 2. The van der Waals surface area contributed by atoms with Crippen molar-refractivity contribution in [3.63, 3.8) is 0 Å². The Morgan fingerprint density at radius 2 is 1.73 bits per heavy atom. The number of carbonyl (C=O) groups is 2. The van der Waals surface area contributed by atoms with Gasteiger partial charge in [0.05, 0.1) is 11.9 Å². The van der Waals surface area contributed by atoms with Crippen LogP contribution in [0.5, 0.6) is 0 Å². The quantitative estimate of drug-likeness (QED) is 0.518. The van der Waals surface area contributed by atoms with Crippen LogP contribution >= 0.6 is 23.2 Å². The van der Waals surface area contributed by atoms with Gasteiger partial charge < -0.3 is 10.2 Å². The van der Waals surface area contributed by atoms with Gasteiger partial charge in [0.2, 0.25) is 21.8 Å². The largest absolute Gasteiger partial charge is 0.352 e. The third-order valence-corrected chi connectivity index (χ3v) is 6.64. The minimum Gasteiger partial charge on any atom is -0.352 e. The molecule has 0 saturated heterocycles. The Labute approximate surface area is 205 Å². The standard InChI is InChI=1S/C23H29Cl2N3O4S/c1-5-21(23(30)26-16(2)3)27(14-17-9-6-7-12-20(17)25)22(29)15-28(33(4,31)32)19-11-8-10-18(24)13-19/h6-13,16,21H,5,14-15H2,1-4H3,(H,26,30)/t21-/m1/s1. The SMILES string of the molecule is CC[C@H](C(=O)NC(C)C)N(Cc1ccccc1Cl)C(=O)CN(c1cccc(Cl)c1)S(C)(=O)=O. The molecule has 7 nitrogen and oxygen atoms in total. The molecule has 0 aliphatic heterocycles. The molecule has 10 heteroatoms. The van der Waals surface area contributed by atoms with Crippen molar-refractivity contribution in [2.24, 2.45) is 0 Å². The Kier molecular flexibility index (Phi) is 9.57. The number of carbonyl (C=O) groups excluding carboxylic acids is 2. The second-order valence-electron chi connectivity index (χ2n) is 7.95. The summed E-state index contributed by atoms with van der Waals surface area (Å²) in [5.74, 6) is -0.854. The second kappa shape index (κ2) is 11.7. The molecular formula is C23H29Cl2N3O4S. The molecule has 0 fully saturated rings. The van der Waals surface area contributed by atoms with Crippen LogP contribution in [-0.4, -0.2) is 50.0 Å². The smallest absolute Gasteiger partial charge is 0.244 e. The fourth-order valence-electron chi connectivity index (χ4n) is 3.36. The van der Waals surface area contributed by atoms with Gasteiger partial charge in [-0.15, -0.1) is 0 Å². The maximum absolute atomic E-state index is 13.5. The second-order valence-corrected chi connectivity index (χ2v) is 10.7. The van der Waals surface area contributed by atoms with Gasteiger partial charge in [0.15, 0.2) is 0 Å². The van der Waals surface area contributed by atoms with Crippen LogP contribution in [0.1, 0.15) is 32.8 Å². The Morgan fingerprint density at radius 3 is 2.27 bits per heavy atom. The molecule has 0 aliphatic carbocycles. The van der Waals surface area contributed by atoms with E-state index in [4.69, 9.17) is 23.2 Å². The molecular weight excluding hydrogens is 485 g/mol. The van der Waals surface area contributed by atoms with Crippen LogP contribution in [0.25, 0.3) is 0 Å². The number of halogens is 2. The predicted octanol–water partition coefficient (Wildman–Crippen LogP) is 4.09. The summed E-state index contributed by atoms with van der Waals surface area (Å²) in [6.45, 7) is 5.01. The zero-order valence-corrected chi connectivity index (χ0v) is 21.4. The summed E-state index contributed by atoms with van der Waals surface area (Å²) < 4.78 is 26.1. The first kappa shape index (κ1) is 27.0. The average Bonchev–Trinajstić information content (AvgIpc) is 2.71. The summed E-state index contributed by atoms with van der Waals surface area (Å²) in [6.07, 6.45) is 1.35. The van der Waals surface area contributed by atoms with E-state index in [0.29, 0.717) is 22.0 Å². The fraction of sp³-hybridized carbons (Fsp3) is 0.391. The number of amides is 2. The van der Waals surface area contributed by atoms with Crippen molar-refractivity contribution in [3.05, 3.63) is 64.1 Å². The topological polar surface area (TPSA) is 86.8 Å². The molecule has 0 aliphatic rings. The van der Waals surface area contributed by atoms with Crippen molar-refractivity contribution in [2.45, 2.75) is 45.8 Å². The molecule has 180 valence electrons. The van der Waals surface area contributed by atoms with Crippen LogP contribution in [0.4, 0.5) is 5.69 Å². The minimum atomic E-state index is -3.82. The normalized spacial score (nSPS) is 12.3. The van der Waals surface area contributed by atoms with Crippen LogP contribution in [0.3, 0.4) is 0 Å². The van der Waals surface area contributed by atoms with E-state index in [1.807, 2.05) is 13.8 Å². The van der Waals surface area contributed by atoms with Crippen molar-refractivity contribution >= 4 is 50.7 Å². The van der Waals surface area contributed by atoms with E-state index in [1.54, 1.807) is 49.4 Å². The maximum atomic E-state index is 13.5. The van der Waals surface area contributed by atoms with Gasteiger partial charge in [-0.2, -0.15) is 0 Å². The lowest BCUT2D eigenvalue weighted by molar-refractivity contribution is -0.140. The fourth-order valence-corrected chi connectivity index (χ4v) is 4.58. The van der Waals surface area contributed by atoms with Crippen LogP contribution in [0.15, 0.2) is 48.5 Å². The third-order valence-electron chi connectivity index (χ3n) is 4.89. The lowest BCUT2D eigenvalue weighted by atomic mass is 10.1. The van der Waals surface area contributed by atoms with Crippen LogP contribution in [-0.2, 0) is 26.2 Å². The minimum absolute atomic E-state index is 0.0513. The van der Waals surface area contributed by atoms with Gasteiger partial charge in [0.25, 0.3) is 0 Å². The highest BCUT2D eigenvalue weighted by molar-refractivity contribution is 7.92. The highest BCUT2D eigenvalue weighted by Crippen LogP contribution is 2.24. The number of rotatable bonds is 10. The number of hydrogen-bond donors (Lipinski definition) is 1. The number of anilines is 1.